The van der Waals surface area contributed by atoms with Crippen molar-refractivity contribution in [3.63, 3.8) is 0 Å². The highest BCUT2D eigenvalue weighted by Gasteiger charge is 2.10. The van der Waals surface area contributed by atoms with E-state index in [1.165, 1.54) is 24.9 Å². The number of hydrogen-bond donors (Lipinski definition) is 2. The number of nitrogens with one attached hydrogen (secondary N) is 2. The van der Waals surface area contributed by atoms with E-state index in [0.717, 1.165) is 18.8 Å². The minimum absolute atomic E-state index is 0.0614. The summed E-state index contributed by atoms with van der Waals surface area (Å²) in [4.78, 5) is 14.5. The van der Waals surface area contributed by atoms with Crippen molar-refractivity contribution in [3.05, 3.63) is 47.5 Å². The minimum Gasteiger partial charge on any atom is -0.495 e. The number of halogens is 1. The van der Waals surface area contributed by atoms with Gasteiger partial charge in [0, 0.05) is 43.1 Å². The van der Waals surface area contributed by atoms with Crippen molar-refractivity contribution in [1.82, 2.24) is 0 Å². The Bertz CT molecular complexity index is 759. The van der Waals surface area contributed by atoms with Gasteiger partial charge >= 0.3 is 0 Å². The van der Waals surface area contributed by atoms with Gasteiger partial charge in [0.25, 0.3) is 0 Å². The van der Waals surface area contributed by atoms with Gasteiger partial charge in [-0.2, -0.15) is 0 Å². The third kappa shape index (κ3) is 5.54. The molecule has 0 radical (unpaired) electrons. The molecule has 3 rings (SSSR count). The zero-order valence-electron chi connectivity index (χ0n) is 15.6. The van der Waals surface area contributed by atoms with Gasteiger partial charge < -0.3 is 20.3 Å². The number of carbonyl (C=O) groups is 1. The van der Waals surface area contributed by atoms with Crippen LogP contribution in [-0.4, -0.2) is 32.7 Å². The van der Waals surface area contributed by atoms with Crippen molar-refractivity contribution in [2.75, 3.05) is 42.3 Å². The molecule has 5 nitrogen and oxygen atoms in total. The molecule has 0 aromatic heterocycles. The lowest BCUT2D eigenvalue weighted by molar-refractivity contribution is -0.115. The molecule has 27 heavy (non-hydrogen) atoms. The van der Waals surface area contributed by atoms with Gasteiger partial charge in [-0.05, 0) is 61.7 Å². The first-order valence-corrected chi connectivity index (χ1v) is 9.76. The van der Waals surface area contributed by atoms with Gasteiger partial charge in [-0.25, -0.2) is 0 Å². The number of piperidine rings is 1. The van der Waals surface area contributed by atoms with Gasteiger partial charge in [0.1, 0.15) is 5.75 Å². The number of benzene rings is 2. The first-order chi connectivity index (χ1) is 13.2. The van der Waals surface area contributed by atoms with Crippen LogP contribution >= 0.6 is 11.6 Å². The lowest BCUT2D eigenvalue weighted by atomic mass is 10.1. The van der Waals surface area contributed by atoms with Crippen LogP contribution in [0, 0.1) is 0 Å². The molecular weight excluding hydrogens is 362 g/mol. The summed E-state index contributed by atoms with van der Waals surface area (Å²) in [5, 5.41) is 6.62. The van der Waals surface area contributed by atoms with Crippen LogP contribution in [0.5, 0.6) is 5.75 Å². The molecule has 1 fully saturated rings. The van der Waals surface area contributed by atoms with Crippen molar-refractivity contribution in [2.45, 2.75) is 25.7 Å². The number of anilines is 3. The number of methoxy groups -OCH3 is 1. The summed E-state index contributed by atoms with van der Waals surface area (Å²) in [6.07, 6.45) is 4.25. The molecule has 2 aromatic carbocycles. The normalized spacial score (nSPS) is 13.9. The molecule has 1 aliphatic heterocycles. The predicted molar refractivity (Wildman–Crippen MR) is 112 cm³/mol. The van der Waals surface area contributed by atoms with E-state index in [9.17, 15) is 4.79 Å². The first-order valence-electron chi connectivity index (χ1n) is 9.38. The van der Waals surface area contributed by atoms with Crippen LogP contribution in [-0.2, 0) is 4.79 Å². The average Bonchev–Trinajstić information content (AvgIpc) is 2.69. The number of carbonyl (C=O) groups excluding carboxylic acids is 1. The number of rotatable bonds is 7. The van der Waals surface area contributed by atoms with Gasteiger partial charge in [0.2, 0.25) is 5.91 Å². The molecule has 0 spiro atoms. The third-order valence-electron chi connectivity index (χ3n) is 4.71. The first kappa shape index (κ1) is 19.4. The van der Waals surface area contributed by atoms with Gasteiger partial charge in [-0.1, -0.05) is 11.6 Å². The summed E-state index contributed by atoms with van der Waals surface area (Å²) in [5.74, 6) is 0.526. The van der Waals surface area contributed by atoms with Crippen molar-refractivity contribution >= 4 is 34.6 Å². The Morgan fingerprint density at radius 3 is 2.44 bits per heavy atom. The van der Waals surface area contributed by atoms with Gasteiger partial charge in [-0.15, -0.1) is 0 Å². The van der Waals surface area contributed by atoms with E-state index < -0.39 is 0 Å². The molecule has 144 valence electrons. The molecule has 1 aliphatic rings. The maximum absolute atomic E-state index is 12.1. The van der Waals surface area contributed by atoms with Crippen LogP contribution in [0.15, 0.2) is 42.5 Å². The molecule has 0 unspecified atom stereocenters. The molecular formula is C21H26ClN3O2. The second kappa shape index (κ2) is 9.51. The monoisotopic (exact) mass is 387 g/mol. The number of hydrogen-bond acceptors (Lipinski definition) is 4. The highest BCUT2D eigenvalue weighted by molar-refractivity contribution is 6.32. The smallest absolute Gasteiger partial charge is 0.226 e. The fourth-order valence-electron chi connectivity index (χ4n) is 3.23. The molecule has 0 aliphatic carbocycles. The molecule has 1 amide bonds. The Labute approximate surface area is 165 Å². The molecule has 6 heteroatoms. The van der Waals surface area contributed by atoms with Crippen LogP contribution in [0.1, 0.15) is 25.7 Å². The van der Waals surface area contributed by atoms with Crippen LogP contribution in [0.2, 0.25) is 5.02 Å². The second-order valence-electron chi connectivity index (χ2n) is 6.67. The fraction of sp³-hybridized carbons (Fsp3) is 0.381. The Morgan fingerprint density at radius 2 is 1.78 bits per heavy atom. The van der Waals surface area contributed by atoms with Crippen molar-refractivity contribution in [3.8, 4) is 5.75 Å². The maximum Gasteiger partial charge on any atom is 0.226 e. The van der Waals surface area contributed by atoms with Crippen molar-refractivity contribution in [2.24, 2.45) is 0 Å². The highest BCUT2D eigenvalue weighted by Crippen LogP contribution is 2.27. The van der Waals surface area contributed by atoms with Crippen LogP contribution in [0.25, 0.3) is 0 Å². The summed E-state index contributed by atoms with van der Waals surface area (Å²) in [6.45, 7) is 2.85. The van der Waals surface area contributed by atoms with Crippen LogP contribution in [0.4, 0.5) is 17.1 Å². The summed E-state index contributed by atoms with van der Waals surface area (Å²) in [7, 11) is 1.56. The lowest BCUT2D eigenvalue weighted by Crippen LogP contribution is -2.29. The topological polar surface area (TPSA) is 53.6 Å². The summed E-state index contributed by atoms with van der Waals surface area (Å²) in [6, 6.07) is 13.6. The van der Waals surface area contributed by atoms with Crippen LogP contribution in [0.3, 0.4) is 0 Å². The Morgan fingerprint density at radius 1 is 1.07 bits per heavy atom. The van der Waals surface area contributed by atoms with E-state index in [0.29, 0.717) is 29.4 Å². The number of ether oxygens (including phenoxy) is 1. The van der Waals surface area contributed by atoms with E-state index in [4.69, 9.17) is 16.3 Å². The van der Waals surface area contributed by atoms with E-state index in [1.54, 1.807) is 25.3 Å². The quantitative estimate of drug-likeness (QED) is 0.717. The SMILES string of the molecule is COc1ccc(NC(=O)CCNc2ccc(N3CCCCC3)cc2)cc1Cl. The van der Waals surface area contributed by atoms with Gasteiger partial charge in [0.15, 0.2) is 0 Å². The Kier molecular flexibility index (Phi) is 6.82. The molecule has 2 aromatic rings. The molecule has 0 bridgehead atoms. The molecule has 1 saturated heterocycles. The minimum atomic E-state index is -0.0614. The van der Waals surface area contributed by atoms with E-state index >= 15 is 0 Å². The molecule has 2 N–H and O–H groups in total. The standard InChI is InChI=1S/C21H26ClN3O2/c1-27-20-10-7-17(15-19(20)22)24-21(26)11-12-23-16-5-8-18(9-6-16)25-13-3-2-4-14-25/h5-10,15,23H,2-4,11-14H2,1H3,(H,24,26). The van der Waals surface area contributed by atoms with Crippen LogP contribution < -0.4 is 20.3 Å². The molecule has 0 saturated carbocycles. The van der Waals surface area contributed by atoms with E-state index in [2.05, 4.69) is 39.8 Å². The Hall–Kier alpha value is -2.40. The summed E-state index contributed by atoms with van der Waals surface area (Å²) >= 11 is 6.07. The zero-order chi connectivity index (χ0) is 19.1. The van der Waals surface area contributed by atoms with Gasteiger partial charge in [-0.3, -0.25) is 4.79 Å². The molecule has 1 heterocycles. The lowest BCUT2D eigenvalue weighted by Gasteiger charge is -2.28. The van der Waals surface area contributed by atoms with E-state index in [-0.39, 0.29) is 5.91 Å². The van der Waals surface area contributed by atoms with Gasteiger partial charge in [0.05, 0.1) is 12.1 Å². The fourth-order valence-corrected chi connectivity index (χ4v) is 3.49. The van der Waals surface area contributed by atoms with Crippen molar-refractivity contribution in [1.29, 1.82) is 0 Å². The van der Waals surface area contributed by atoms with E-state index in [1.807, 2.05) is 0 Å². The summed E-state index contributed by atoms with van der Waals surface area (Å²) in [5.41, 5.74) is 2.96. The van der Waals surface area contributed by atoms with Crippen molar-refractivity contribution < 1.29 is 9.53 Å². The number of nitrogens with zero attached hydrogens (tertiary/aromatic N) is 1. The summed E-state index contributed by atoms with van der Waals surface area (Å²) < 4.78 is 5.11. The molecule has 0 atom stereocenters. The number of amides is 1. The second-order valence-corrected chi connectivity index (χ2v) is 7.08. The largest absolute Gasteiger partial charge is 0.495 e. The Balaban J connectivity index is 1.43. The average molecular weight is 388 g/mol. The predicted octanol–water partition coefficient (Wildman–Crippen LogP) is 4.78. The highest BCUT2D eigenvalue weighted by atomic mass is 35.5. The maximum atomic E-state index is 12.1. The zero-order valence-corrected chi connectivity index (χ0v) is 16.4. The third-order valence-corrected chi connectivity index (χ3v) is 5.00.